The van der Waals surface area contributed by atoms with Gasteiger partial charge in [-0.05, 0) is 12.5 Å². The zero-order valence-corrected chi connectivity index (χ0v) is 10.9. The number of carbonyl (C=O) groups is 2. The Morgan fingerprint density at radius 2 is 2.00 bits per heavy atom. The Bertz CT molecular complexity index is 461. The van der Waals surface area contributed by atoms with E-state index in [2.05, 4.69) is 5.32 Å². The summed E-state index contributed by atoms with van der Waals surface area (Å²) in [4.78, 5) is 24.7. The fourth-order valence-corrected chi connectivity index (χ4v) is 2.52. The third-order valence-corrected chi connectivity index (χ3v) is 3.48. The van der Waals surface area contributed by atoms with Crippen LogP contribution in [0.25, 0.3) is 0 Å². The fraction of sp³-hybridized carbons (Fsp3) is 0.429. The van der Waals surface area contributed by atoms with Gasteiger partial charge in [0.15, 0.2) is 0 Å². The Kier molecular flexibility index (Phi) is 4.04. The predicted molar refractivity (Wildman–Crippen MR) is 71.0 cm³/mol. The molecule has 0 unspecified atom stereocenters. The number of hydrogen-bond donors (Lipinski definition) is 2. The average Bonchev–Trinajstić information content (AvgIpc) is 2.85. The molecule has 1 heterocycles. The van der Waals surface area contributed by atoms with Crippen molar-refractivity contribution >= 4 is 12.0 Å². The number of nitrogens with zero attached hydrogens (tertiary/aromatic N) is 1. The first-order chi connectivity index (χ1) is 9.13. The molecule has 1 aromatic rings. The van der Waals surface area contributed by atoms with Crippen molar-refractivity contribution in [1.29, 1.82) is 0 Å². The van der Waals surface area contributed by atoms with Crippen molar-refractivity contribution in [2.75, 3.05) is 19.6 Å². The molecular weight excluding hydrogens is 244 g/mol. The van der Waals surface area contributed by atoms with Gasteiger partial charge >= 0.3 is 12.0 Å². The van der Waals surface area contributed by atoms with Crippen molar-refractivity contribution in [3.05, 3.63) is 35.9 Å². The molecule has 19 heavy (non-hydrogen) atoms. The lowest BCUT2D eigenvalue weighted by molar-refractivity contribution is -0.141. The SMILES string of the molecule is CCNC(=O)N1C[C@H](C(=O)O)[C@@H](c2ccccc2)C1. The molecule has 1 aliphatic heterocycles. The second-order valence-corrected chi connectivity index (χ2v) is 4.70. The summed E-state index contributed by atoms with van der Waals surface area (Å²) in [6.07, 6.45) is 0. The topological polar surface area (TPSA) is 69.6 Å². The van der Waals surface area contributed by atoms with E-state index in [1.165, 1.54) is 0 Å². The van der Waals surface area contributed by atoms with Crippen LogP contribution in [0.4, 0.5) is 4.79 Å². The van der Waals surface area contributed by atoms with E-state index < -0.39 is 11.9 Å². The van der Waals surface area contributed by atoms with E-state index in [0.717, 1.165) is 5.56 Å². The molecule has 1 aromatic carbocycles. The normalized spacial score (nSPS) is 22.3. The Balaban J connectivity index is 2.18. The average molecular weight is 262 g/mol. The van der Waals surface area contributed by atoms with Gasteiger partial charge in [-0.25, -0.2) is 4.79 Å². The van der Waals surface area contributed by atoms with Crippen LogP contribution < -0.4 is 5.32 Å². The van der Waals surface area contributed by atoms with Gasteiger partial charge in [0.25, 0.3) is 0 Å². The van der Waals surface area contributed by atoms with Crippen molar-refractivity contribution in [1.82, 2.24) is 10.2 Å². The number of carboxylic acids is 1. The molecule has 0 aliphatic carbocycles. The summed E-state index contributed by atoms with van der Waals surface area (Å²) >= 11 is 0. The van der Waals surface area contributed by atoms with Crippen molar-refractivity contribution in [2.24, 2.45) is 5.92 Å². The second kappa shape index (κ2) is 5.73. The molecular formula is C14H18N2O3. The number of rotatable bonds is 3. The second-order valence-electron chi connectivity index (χ2n) is 4.70. The monoisotopic (exact) mass is 262 g/mol. The highest BCUT2D eigenvalue weighted by Crippen LogP contribution is 2.32. The van der Waals surface area contributed by atoms with E-state index in [4.69, 9.17) is 0 Å². The molecule has 1 fully saturated rings. The highest BCUT2D eigenvalue weighted by molar-refractivity contribution is 5.78. The van der Waals surface area contributed by atoms with Gasteiger partial charge in [0.05, 0.1) is 5.92 Å². The number of benzene rings is 1. The summed E-state index contributed by atoms with van der Waals surface area (Å²) in [5.74, 6) is -1.52. The maximum atomic E-state index is 11.8. The number of nitrogens with one attached hydrogen (secondary N) is 1. The first-order valence-electron chi connectivity index (χ1n) is 6.44. The van der Waals surface area contributed by atoms with Gasteiger partial charge < -0.3 is 15.3 Å². The van der Waals surface area contributed by atoms with E-state index in [-0.39, 0.29) is 18.5 Å². The van der Waals surface area contributed by atoms with Crippen LogP contribution in [0.5, 0.6) is 0 Å². The predicted octanol–water partition coefficient (Wildman–Crippen LogP) is 1.52. The molecule has 0 radical (unpaired) electrons. The Hall–Kier alpha value is -2.04. The molecule has 0 bridgehead atoms. The van der Waals surface area contributed by atoms with Crippen molar-refractivity contribution in [3.8, 4) is 0 Å². The maximum Gasteiger partial charge on any atom is 0.317 e. The summed E-state index contributed by atoms with van der Waals surface area (Å²) < 4.78 is 0. The van der Waals surface area contributed by atoms with E-state index in [9.17, 15) is 14.7 Å². The Morgan fingerprint density at radius 1 is 1.32 bits per heavy atom. The third kappa shape index (κ3) is 2.86. The summed E-state index contributed by atoms with van der Waals surface area (Å²) in [5.41, 5.74) is 0.974. The van der Waals surface area contributed by atoms with Crippen LogP contribution in [0.2, 0.25) is 0 Å². The number of aliphatic carboxylic acids is 1. The van der Waals surface area contributed by atoms with E-state index in [1.54, 1.807) is 4.90 Å². The summed E-state index contributed by atoms with van der Waals surface area (Å²) in [7, 11) is 0. The van der Waals surface area contributed by atoms with Gasteiger partial charge in [0.1, 0.15) is 0 Å². The van der Waals surface area contributed by atoms with Crippen LogP contribution in [0.1, 0.15) is 18.4 Å². The van der Waals surface area contributed by atoms with Gasteiger partial charge in [-0.3, -0.25) is 4.79 Å². The van der Waals surface area contributed by atoms with Crippen molar-refractivity contribution in [2.45, 2.75) is 12.8 Å². The lowest BCUT2D eigenvalue weighted by atomic mass is 9.89. The highest BCUT2D eigenvalue weighted by Gasteiger charge is 2.40. The molecule has 2 amide bonds. The minimum atomic E-state index is -0.847. The quantitative estimate of drug-likeness (QED) is 0.867. The Morgan fingerprint density at radius 3 is 2.58 bits per heavy atom. The maximum absolute atomic E-state index is 11.8. The zero-order chi connectivity index (χ0) is 13.8. The van der Waals surface area contributed by atoms with Crippen LogP contribution in [0.15, 0.2) is 30.3 Å². The van der Waals surface area contributed by atoms with Crippen LogP contribution >= 0.6 is 0 Å². The summed E-state index contributed by atoms with van der Waals surface area (Å²) in [6, 6.07) is 9.33. The minimum Gasteiger partial charge on any atom is -0.481 e. The number of amides is 2. The third-order valence-electron chi connectivity index (χ3n) is 3.48. The molecule has 5 nitrogen and oxygen atoms in total. The standard InChI is InChI=1S/C14H18N2O3/c1-2-15-14(19)16-8-11(12(9-16)13(17)18)10-6-4-3-5-7-10/h3-7,11-12H,2,8-9H2,1H3,(H,15,19)(H,17,18)/t11-,12+/m1/s1. The van der Waals surface area contributed by atoms with Crippen LogP contribution in [0, 0.1) is 5.92 Å². The molecule has 2 rings (SSSR count). The number of hydrogen-bond acceptors (Lipinski definition) is 2. The van der Waals surface area contributed by atoms with Gasteiger partial charge in [-0.2, -0.15) is 0 Å². The van der Waals surface area contributed by atoms with Crippen molar-refractivity contribution in [3.63, 3.8) is 0 Å². The number of urea groups is 1. The van der Waals surface area contributed by atoms with Crippen LogP contribution in [-0.2, 0) is 4.79 Å². The molecule has 102 valence electrons. The molecule has 2 atom stereocenters. The van der Waals surface area contributed by atoms with Gasteiger partial charge in [-0.1, -0.05) is 30.3 Å². The van der Waals surface area contributed by atoms with Crippen molar-refractivity contribution < 1.29 is 14.7 Å². The molecule has 0 saturated carbocycles. The first-order valence-corrected chi connectivity index (χ1v) is 6.44. The number of likely N-dealkylation sites (tertiary alicyclic amines) is 1. The first kappa shape index (κ1) is 13.4. The largest absolute Gasteiger partial charge is 0.481 e. The van der Waals surface area contributed by atoms with Gasteiger partial charge in [0.2, 0.25) is 0 Å². The lowest BCUT2D eigenvalue weighted by Gasteiger charge is -2.16. The molecule has 0 spiro atoms. The minimum absolute atomic E-state index is 0.138. The molecule has 5 heteroatoms. The number of carboxylic acid groups (broad SMARTS) is 1. The molecule has 0 aromatic heterocycles. The van der Waals surface area contributed by atoms with E-state index >= 15 is 0 Å². The summed E-state index contributed by atoms with van der Waals surface area (Å²) in [5, 5.41) is 12.0. The van der Waals surface area contributed by atoms with Crippen LogP contribution in [0.3, 0.4) is 0 Å². The van der Waals surface area contributed by atoms with E-state index in [0.29, 0.717) is 13.1 Å². The molecule has 2 N–H and O–H groups in total. The van der Waals surface area contributed by atoms with Crippen LogP contribution in [-0.4, -0.2) is 41.6 Å². The van der Waals surface area contributed by atoms with E-state index in [1.807, 2.05) is 37.3 Å². The molecule has 1 saturated heterocycles. The molecule has 1 aliphatic rings. The fourth-order valence-electron chi connectivity index (χ4n) is 2.52. The van der Waals surface area contributed by atoms with Gasteiger partial charge in [0, 0.05) is 25.6 Å². The Labute approximate surface area is 112 Å². The smallest absolute Gasteiger partial charge is 0.317 e. The summed E-state index contributed by atoms with van der Waals surface area (Å²) in [6.45, 7) is 3.11. The van der Waals surface area contributed by atoms with Gasteiger partial charge in [-0.15, -0.1) is 0 Å². The highest BCUT2D eigenvalue weighted by atomic mass is 16.4. The zero-order valence-electron chi connectivity index (χ0n) is 10.9. The lowest BCUT2D eigenvalue weighted by Crippen LogP contribution is -2.38. The number of carbonyl (C=O) groups excluding carboxylic acids is 1.